The molecule has 0 saturated carbocycles. The minimum absolute atomic E-state index is 0.179. The molecule has 7 heteroatoms. The van der Waals surface area contributed by atoms with E-state index in [4.69, 9.17) is 9.47 Å². The van der Waals surface area contributed by atoms with Gasteiger partial charge in [0.15, 0.2) is 0 Å². The number of aryl methyl sites for hydroxylation is 1. The monoisotopic (exact) mass is 492 g/mol. The highest BCUT2D eigenvalue weighted by atomic mass is 16.5. The molecule has 4 amide bonds. The van der Waals surface area contributed by atoms with Gasteiger partial charge in [0.05, 0.1) is 12.8 Å². The molecule has 1 heterocycles. The third kappa shape index (κ3) is 4.79. The summed E-state index contributed by atoms with van der Waals surface area (Å²) in [7, 11) is 1.55. The second-order valence-corrected chi connectivity index (χ2v) is 8.63. The Morgan fingerprint density at radius 3 is 2.49 bits per heavy atom. The molecule has 4 aromatic rings. The number of ether oxygens (including phenoxy) is 2. The van der Waals surface area contributed by atoms with Gasteiger partial charge >= 0.3 is 6.03 Å². The van der Waals surface area contributed by atoms with E-state index in [1.54, 1.807) is 43.5 Å². The molecule has 0 radical (unpaired) electrons. The number of imide groups is 2. The molecule has 0 atom stereocenters. The summed E-state index contributed by atoms with van der Waals surface area (Å²) in [6, 6.07) is 25.3. The molecule has 1 saturated heterocycles. The summed E-state index contributed by atoms with van der Waals surface area (Å²) in [6.45, 7) is 2.12. The van der Waals surface area contributed by atoms with E-state index >= 15 is 0 Å². The zero-order valence-electron chi connectivity index (χ0n) is 20.4. The molecule has 1 fully saturated rings. The van der Waals surface area contributed by atoms with Crippen molar-refractivity contribution in [3.63, 3.8) is 0 Å². The van der Waals surface area contributed by atoms with Crippen molar-refractivity contribution >= 4 is 40.4 Å². The number of hydrogen-bond acceptors (Lipinski definition) is 5. The number of amides is 4. The summed E-state index contributed by atoms with van der Waals surface area (Å²) < 4.78 is 11.6. The zero-order chi connectivity index (χ0) is 25.9. The lowest BCUT2D eigenvalue weighted by Crippen LogP contribution is -2.54. The van der Waals surface area contributed by atoms with Crippen molar-refractivity contribution < 1.29 is 23.9 Å². The predicted octanol–water partition coefficient (Wildman–Crippen LogP) is 5.40. The number of methoxy groups -OCH3 is 1. The van der Waals surface area contributed by atoms with Crippen molar-refractivity contribution in [2.24, 2.45) is 0 Å². The van der Waals surface area contributed by atoms with Crippen molar-refractivity contribution in [3.8, 4) is 11.5 Å². The number of hydrogen-bond donors (Lipinski definition) is 1. The Bertz CT molecular complexity index is 1570. The summed E-state index contributed by atoms with van der Waals surface area (Å²) in [6.07, 6.45) is 1.44. The Kier molecular flexibility index (Phi) is 6.43. The van der Waals surface area contributed by atoms with Gasteiger partial charge in [-0.15, -0.1) is 0 Å². The number of nitrogens with one attached hydrogen (secondary N) is 1. The molecular weight excluding hydrogens is 468 g/mol. The lowest BCUT2D eigenvalue weighted by Gasteiger charge is -2.26. The Labute approximate surface area is 213 Å². The smallest absolute Gasteiger partial charge is 0.335 e. The molecule has 0 aliphatic carbocycles. The maximum Gasteiger partial charge on any atom is 0.335 e. The lowest BCUT2D eigenvalue weighted by atomic mass is 10.0. The predicted molar refractivity (Wildman–Crippen MR) is 141 cm³/mol. The minimum Gasteiger partial charge on any atom is -0.497 e. The van der Waals surface area contributed by atoms with E-state index in [0.29, 0.717) is 22.7 Å². The SMILES string of the molecule is COc1ccc(/C=C2\C(=O)NC(=O)N(c3cccc(C)c3)C2=O)c(OCc2cccc3ccccc23)c1. The zero-order valence-corrected chi connectivity index (χ0v) is 20.4. The van der Waals surface area contributed by atoms with Gasteiger partial charge in [-0.1, -0.05) is 54.6 Å². The number of barbiturate groups is 1. The van der Waals surface area contributed by atoms with E-state index in [1.165, 1.54) is 6.08 Å². The maximum atomic E-state index is 13.3. The first-order valence-electron chi connectivity index (χ1n) is 11.7. The van der Waals surface area contributed by atoms with Gasteiger partial charge in [-0.3, -0.25) is 14.9 Å². The average Bonchev–Trinajstić information content (AvgIpc) is 2.90. The molecule has 0 spiro atoms. The first kappa shape index (κ1) is 23.8. The second kappa shape index (κ2) is 9.99. The molecular formula is C30H24N2O5. The molecule has 1 aliphatic rings. The number of carbonyl (C=O) groups excluding carboxylic acids is 3. The van der Waals surface area contributed by atoms with Crippen LogP contribution in [0.25, 0.3) is 16.8 Å². The highest BCUT2D eigenvalue weighted by Crippen LogP contribution is 2.30. The van der Waals surface area contributed by atoms with Gasteiger partial charge < -0.3 is 9.47 Å². The second-order valence-electron chi connectivity index (χ2n) is 8.63. The number of nitrogens with zero attached hydrogens (tertiary/aromatic N) is 1. The maximum absolute atomic E-state index is 13.3. The fourth-order valence-electron chi connectivity index (χ4n) is 4.27. The van der Waals surface area contributed by atoms with Crippen LogP contribution in [0.2, 0.25) is 0 Å². The summed E-state index contributed by atoms with van der Waals surface area (Å²) >= 11 is 0. The summed E-state index contributed by atoms with van der Waals surface area (Å²) in [5.41, 5.74) is 2.56. The van der Waals surface area contributed by atoms with Gasteiger partial charge in [0.1, 0.15) is 23.7 Å². The number of urea groups is 1. The fourth-order valence-corrected chi connectivity index (χ4v) is 4.27. The molecule has 0 bridgehead atoms. The minimum atomic E-state index is -0.792. The molecule has 4 aromatic carbocycles. The third-order valence-corrected chi connectivity index (χ3v) is 6.15. The third-order valence-electron chi connectivity index (χ3n) is 6.15. The first-order valence-corrected chi connectivity index (χ1v) is 11.7. The molecule has 1 aliphatic heterocycles. The average molecular weight is 493 g/mol. The van der Waals surface area contributed by atoms with E-state index in [-0.39, 0.29) is 12.2 Å². The van der Waals surface area contributed by atoms with Gasteiger partial charge in [-0.2, -0.15) is 0 Å². The molecule has 184 valence electrons. The number of rotatable bonds is 6. The van der Waals surface area contributed by atoms with Crippen LogP contribution in [0.1, 0.15) is 16.7 Å². The lowest BCUT2D eigenvalue weighted by molar-refractivity contribution is -0.122. The van der Waals surface area contributed by atoms with Crippen LogP contribution in [0, 0.1) is 6.92 Å². The van der Waals surface area contributed by atoms with Gasteiger partial charge in [0, 0.05) is 11.6 Å². The van der Waals surface area contributed by atoms with Gasteiger partial charge in [0.2, 0.25) is 0 Å². The largest absolute Gasteiger partial charge is 0.497 e. The molecule has 37 heavy (non-hydrogen) atoms. The van der Waals surface area contributed by atoms with Crippen molar-refractivity contribution in [3.05, 3.63) is 107 Å². The molecule has 7 nitrogen and oxygen atoms in total. The fraction of sp³-hybridized carbons (Fsp3) is 0.100. The van der Waals surface area contributed by atoms with Crippen LogP contribution >= 0.6 is 0 Å². The number of anilines is 1. The van der Waals surface area contributed by atoms with E-state index in [1.807, 2.05) is 55.5 Å². The molecule has 1 N–H and O–H groups in total. The summed E-state index contributed by atoms with van der Waals surface area (Å²) in [5.74, 6) is -0.490. The number of carbonyl (C=O) groups is 3. The summed E-state index contributed by atoms with van der Waals surface area (Å²) in [4.78, 5) is 39.5. The van der Waals surface area contributed by atoms with Crippen LogP contribution in [-0.4, -0.2) is 25.0 Å². The Morgan fingerprint density at radius 1 is 0.892 bits per heavy atom. The van der Waals surface area contributed by atoms with Crippen LogP contribution < -0.4 is 19.7 Å². The van der Waals surface area contributed by atoms with E-state index in [9.17, 15) is 14.4 Å². The standard InChI is InChI=1S/C30H24N2O5/c1-19-7-5-11-23(15-19)32-29(34)26(28(33)31-30(32)35)16-21-13-14-24(36-2)17-27(21)37-18-22-10-6-9-20-8-3-4-12-25(20)22/h3-17H,18H2,1-2H3,(H,31,33,35)/b26-16+. The van der Waals surface area contributed by atoms with Crippen LogP contribution in [0.15, 0.2) is 90.5 Å². The molecule has 5 rings (SSSR count). The normalized spacial score (nSPS) is 14.7. The number of benzene rings is 4. The molecule has 0 unspecified atom stereocenters. The first-order chi connectivity index (χ1) is 17.9. The Hall–Kier alpha value is -4.91. The topological polar surface area (TPSA) is 84.9 Å². The van der Waals surface area contributed by atoms with Crippen molar-refractivity contribution in [1.29, 1.82) is 0 Å². The Morgan fingerprint density at radius 2 is 1.68 bits per heavy atom. The number of fused-ring (bicyclic) bond motifs is 1. The highest BCUT2D eigenvalue weighted by Gasteiger charge is 2.37. The van der Waals surface area contributed by atoms with Gasteiger partial charge in [-0.25, -0.2) is 9.69 Å². The van der Waals surface area contributed by atoms with E-state index in [2.05, 4.69) is 5.32 Å². The quantitative estimate of drug-likeness (QED) is 0.288. The highest BCUT2D eigenvalue weighted by molar-refractivity contribution is 6.39. The van der Waals surface area contributed by atoms with Crippen molar-refractivity contribution in [2.45, 2.75) is 13.5 Å². The summed E-state index contributed by atoms with van der Waals surface area (Å²) in [5, 5.41) is 4.43. The Balaban J connectivity index is 1.50. The van der Waals surface area contributed by atoms with Crippen LogP contribution in [0.4, 0.5) is 10.5 Å². The van der Waals surface area contributed by atoms with Crippen LogP contribution in [0.5, 0.6) is 11.5 Å². The van der Waals surface area contributed by atoms with Crippen LogP contribution in [0.3, 0.4) is 0 Å². The van der Waals surface area contributed by atoms with Gasteiger partial charge in [-0.05, 0) is 59.2 Å². The van der Waals surface area contributed by atoms with Crippen molar-refractivity contribution in [2.75, 3.05) is 12.0 Å². The molecule has 0 aromatic heterocycles. The van der Waals surface area contributed by atoms with Crippen LogP contribution in [-0.2, 0) is 16.2 Å². The van der Waals surface area contributed by atoms with E-state index in [0.717, 1.165) is 26.8 Å². The van der Waals surface area contributed by atoms with Crippen molar-refractivity contribution in [1.82, 2.24) is 5.32 Å². The van der Waals surface area contributed by atoms with Gasteiger partial charge in [0.25, 0.3) is 11.8 Å². The van der Waals surface area contributed by atoms with E-state index < -0.39 is 17.8 Å².